The zero-order valence-corrected chi connectivity index (χ0v) is 11.3. The van der Waals surface area contributed by atoms with E-state index >= 15 is 0 Å². The predicted molar refractivity (Wildman–Crippen MR) is 73.3 cm³/mol. The number of benzene rings is 1. The first-order valence-electron chi connectivity index (χ1n) is 6.53. The minimum atomic E-state index is 0.443. The molecule has 0 fully saturated rings. The predicted octanol–water partition coefficient (Wildman–Crippen LogP) is 3.46. The van der Waals surface area contributed by atoms with Crippen LogP contribution in [0.25, 0.3) is 0 Å². The quantitative estimate of drug-likeness (QED) is 0.697. The van der Waals surface area contributed by atoms with E-state index in [-0.39, 0.29) is 0 Å². The monoisotopic (exact) mass is 235 g/mol. The Morgan fingerprint density at radius 2 is 1.82 bits per heavy atom. The van der Waals surface area contributed by atoms with E-state index < -0.39 is 0 Å². The molecule has 2 nitrogen and oxygen atoms in total. The van der Waals surface area contributed by atoms with Gasteiger partial charge in [0.15, 0.2) is 0 Å². The molecule has 2 heteroatoms. The van der Waals surface area contributed by atoms with Gasteiger partial charge in [-0.25, -0.2) is 0 Å². The maximum Gasteiger partial charge on any atom is 0.0462 e. The van der Waals surface area contributed by atoms with Gasteiger partial charge in [0.05, 0.1) is 0 Å². The summed E-state index contributed by atoms with van der Waals surface area (Å²) in [4.78, 5) is 0. The molecule has 1 N–H and O–H groups in total. The summed E-state index contributed by atoms with van der Waals surface area (Å²) in [6.45, 7) is 6.31. The topological polar surface area (TPSA) is 21.3 Å². The van der Waals surface area contributed by atoms with Crippen molar-refractivity contribution in [1.29, 1.82) is 0 Å². The molecule has 0 aliphatic rings. The molecule has 1 unspecified atom stereocenters. The lowest BCUT2D eigenvalue weighted by Gasteiger charge is -2.14. The van der Waals surface area contributed by atoms with Crippen LogP contribution in [-0.4, -0.2) is 20.3 Å². The van der Waals surface area contributed by atoms with Gasteiger partial charge in [-0.05, 0) is 45.2 Å². The molecule has 17 heavy (non-hydrogen) atoms. The molecular weight excluding hydrogens is 210 g/mol. The third-order valence-corrected chi connectivity index (χ3v) is 3.05. The van der Waals surface area contributed by atoms with Crippen molar-refractivity contribution in [3.05, 3.63) is 35.4 Å². The third kappa shape index (κ3) is 5.85. The molecular formula is C15H25NO. The third-order valence-electron chi connectivity index (χ3n) is 3.05. The van der Waals surface area contributed by atoms with Crippen LogP contribution in [0.1, 0.15) is 43.4 Å². The van der Waals surface area contributed by atoms with E-state index in [1.165, 1.54) is 24.0 Å². The first kappa shape index (κ1) is 14.2. The van der Waals surface area contributed by atoms with Crippen molar-refractivity contribution in [2.45, 2.75) is 39.2 Å². The lowest BCUT2D eigenvalue weighted by atomic mass is 10.1. The number of hydrogen-bond donors (Lipinski definition) is 1. The van der Waals surface area contributed by atoms with E-state index in [1.54, 1.807) is 7.11 Å². The number of unbranched alkanes of at least 4 members (excludes halogenated alkanes) is 2. The molecule has 1 aromatic rings. The van der Waals surface area contributed by atoms with Crippen molar-refractivity contribution in [3.63, 3.8) is 0 Å². The number of ether oxygens (including phenoxy) is 1. The van der Waals surface area contributed by atoms with Crippen molar-refractivity contribution < 1.29 is 4.74 Å². The summed E-state index contributed by atoms with van der Waals surface area (Å²) in [7, 11) is 1.76. The normalized spacial score (nSPS) is 12.6. The maximum absolute atomic E-state index is 5.03. The summed E-state index contributed by atoms with van der Waals surface area (Å²) in [6, 6.07) is 9.20. The number of aryl methyl sites for hydroxylation is 1. The van der Waals surface area contributed by atoms with E-state index in [9.17, 15) is 0 Å². The fourth-order valence-corrected chi connectivity index (χ4v) is 1.84. The molecule has 1 rings (SSSR count). The summed E-state index contributed by atoms with van der Waals surface area (Å²) in [5.41, 5.74) is 2.69. The average molecular weight is 235 g/mol. The van der Waals surface area contributed by atoms with Gasteiger partial charge in [0.25, 0.3) is 0 Å². The second-order valence-corrected chi connectivity index (χ2v) is 4.64. The summed E-state index contributed by atoms with van der Waals surface area (Å²) in [5.74, 6) is 0. The van der Waals surface area contributed by atoms with Gasteiger partial charge < -0.3 is 10.1 Å². The molecule has 0 aliphatic heterocycles. The molecule has 1 aromatic carbocycles. The highest BCUT2D eigenvalue weighted by molar-refractivity contribution is 5.23. The maximum atomic E-state index is 5.03. The second-order valence-electron chi connectivity index (χ2n) is 4.64. The first-order chi connectivity index (χ1) is 8.24. The minimum absolute atomic E-state index is 0.443. The van der Waals surface area contributed by atoms with Crippen LogP contribution in [0, 0.1) is 6.92 Å². The highest BCUT2D eigenvalue weighted by Gasteiger charge is 2.03. The largest absolute Gasteiger partial charge is 0.385 e. The van der Waals surface area contributed by atoms with Gasteiger partial charge in [-0.2, -0.15) is 0 Å². The molecule has 1 atom stereocenters. The van der Waals surface area contributed by atoms with Gasteiger partial charge in [-0.3, -0.25) is 0 Å². The average Bonchev–Trinajstić information content (AvgIpc) is 2.34. The lowest BCUT2D eigenvalue weighted by molar-refractivity contribution is 0.192. The van der Waals surface area contributed by atoms with Gasteiger partial charge in [0.2, 0.25) is 0 Å². The molecule has 0 saturated heterocycles. The fourth-order valence-electron chi connectivity index (χ4n) is 1.84. The molecule has 0 aromatic heterocycles. The second kappa shape index (κ2) is 8.26. The van der Waals surface area contributed by atoms with Crippen LogP contribution in [0.4, 0.5) is 0 Å². The summed E-state index contributed by atoms with van der Waals surface area (Å²) in [5, 5.41) is 3.55. The fraction of sp³-hybridized carbons (Fsp3) is 0.600. The van der Waals surface area contributed by atoms with Crippen LogP contribution in [0.2, 0.25) is 0 Å². The van der Waals surface area contributed by atoms with E-state index in [0.29, 0.717) is 6.04 Å². The molecule has 0 aliphatic carbocycles. The minimum Gasteiger partial charge on any atom is -0.385 e. The van der Waals surface area contributed by atoms with Crippen LogP contribution in [0.5, 0.6) is 0 Å². The Morgan fingerprint density at radius 1 is 1.12 bits per heavy atom. The number of hydrogen-bond acceptors (Lipinski definition) is 2. The molecule has 0 heterocycles. The molecule has 96 valence electrons. The zero-order valence-electron chi connectivity index (χ0n) is 11.3. The summed E-state index contributed by atoms with van der Waals surface area (Å²) < 4.78 is 5.03. The Labute approximate surface area is 105 Å². The van der Waals surface area contributed by atoms with Crippen LogP contribution in [0.15, 0.2) is 24.3 Å². The van der Waals surface area contributed by atoms with E-state index in [1.807, 2.05) is 0 Å². The Bertz CT molecular complexity index is 294. The number of rotatable bonds is 8. The highest BCUT2D eigenvalue weighted by atomic mass is 16.5. The highest BCUT2D eigenvalue weighted by Crippen LogP contribution is 2.12. The Morgan fingerprint density at radius 3 is 2.47 bits per heavy atom. The molecule has 0 spiro atoms. The Hall–Kier alpha value is -0.860. The Kier molecular flexibility index (Phi) is 6.90. The Balaban J connectivity index is 2.16. The van der Waals surface area contributed by atoms with Gasteiger partial charge in [0.1, 0.15) is 0 Å². The van der Waals surface area contributed by atoms with Gasteiger partial charge in [0, 0.05) is 19.8 Å². The molecule has 0 amide bonds. The van der Waals surface area contributed by atoms with Crippen molar-refractivity contribution in [2.75, 3.05) is 20.3 Å². The van der Waals surface area contributed by atoms with Gasteiger partial charge in [-0.1, -0.05) is 29.8 Å². The van der Waals surface area contributed by atoms with Crippen LogP contribution >= 0.6 is 0 Å². The first-order valence-corrected chi connectivity index (χ1v) is 6.53. The van der Waals surface area contributed by atoms with Crippen molar-refractivity contribution in [2.24, 2.45) is 0 Å². The zero-order chi connectivity index (χ0) is 12.5. The van der Waals surface area contributed by atoms with Crippen molar-refractivity contribution >= 4 is 0 Å². The summed E-state index contributed by atoms with van der Waals surface area (Å²) in [6.07, 6.45) is 3.62. The summed E-state index contributed by atoms with van der Waals surface area (Å²) >= 11 is 0. The van der Waals surface area contributed by atoms with E-state index in [4.69, 9.17) is 4.74 Å². The molecule has 0 radical (unpaired) electrons. The van der Waals surface area contributed by atoms with Crippen LogP contribution in [0.3, 0.4) is 0 Å². The molecule has 0 bridgehead atoms. The SMILES string of the molecule is COCCCCCNC(C)c1ccc(C)cc1. The van der Waals surface area contributed by atoms with Crippen molar-refractivity contribution in [3.8, 4) is 0 Å². The van der Waals surface area contributed by atoms with Gasteiger partial charge in [-0.15, -0.1) is 0 Å². The standard InChI is InChI=1S/C15H25NO/c1-13-7-9-15(10-8-13)14(2)16-11-5-4-6-12-17-3/h7-10,14,16H,4-6,11-12H2,1-3H3. The van der Waals surface area contributed by atoms with Gasteiger partial charge >= 0.3 is 0 Å². The van der Waals surface area contributed by atoms with Crippen LogP contribution < -0.4 is 5.32 Å². The smallest absolute Gasteiger partial charge is 0.0462 e. The number of methoxy groups -OCH3 is 1. The van der Waals surface area contributed by atoms with E-state index in [2.05, 4.69) is 43.4 Å². The number of nitrogens with one attached hydrogen (secondary N) is 1. The lowest BCUT2D eigenvalue weighted by Crippen LogP contribution is -2.19. The van der Waals surface area contributed by atoms with Crippen molar-refractivity contribution in [1.82, 2.24) is 5.32 Å². The molecule has 0 saturated carbocycles. The van der Waals surface area contributed by atoms with E-state index in [0.717, 1.165) is 19.6 Å². The van der Waals surface area contributed by atoms with Crippen LogP contribution in [-0.2, 0) is 4.74 Å².